The summed E-state index contributed by atoms with van der Waals surface area (Å²) in [6, 6.07) is 17.2. The molecule has 0 aliphatic carbocycles. The van der Waals surface area contributed by atoms with Gasteiger partial charge in [-0.25, -0.2) is 9.97 Å². The lowest BCUT2D eigenvalue weighted by Crippen LogP contribution is -2.27. The van der Waals surface area contributed by atoms with E-state index in [1.54, 1.807) is 18.0 Å². The van der Waals surface area contributed by atoms with Gasteiger partial charge in [0.25, 0.3) is 5.91 Å². The van der Waals surface area contributed by atoms with Crippen molar-refractivity contribution in [3.8, 4) is 0 Å². The number of amides is 1. The van der Waals surface area contributed by atoms with Gasteiger partial charge < -0.3 is 10.2 Å². The third-order valence-corrected chi connectivity index (χ3v) is 4.20. The maximum atomic E-state index is 12.7. The van der Waals surface area contributed by atoms with Crippen LogP contribution in [0.3, 0.4) is 0 Å². The molecule has 5 heteroatoms. The van der Waals surface area contributed by atoms with Crippen LogP contribution >= 0.6 is 0 Å². The van der Waals surface area contributed by atoms with Crippen LogP contribution in [0.15, 0.2) is 60.9 Å². The molecule has 0 fully saturated rings. The summed E-state index contributed by atoms with van der Waals surface area (Å²) >= 11 is 0. The highest BCUT2D eigenvalue weighted by molar-refractivity contribution is 6.04. The maximum Gasteiger partial charge on any atom is 0.276 e. The molecule has 0 aliphatic rings. The number of anilines is 3. The SMILES string of the molecule is Cc1cccc(Nc2cc(C(=O)N(C)c3ccccc3)ncn2)c1C. The van der Waals surface area contributed by atoms with Crippen LogP contribution in [0.2, 0.25) is 0 Å². The lowest BCUT2D eigenvalue weighted by Gasteiger charge is -2.17. The molecule has 0 spiro atoms. The molecule has 0 bridgehead atoms. The van der Waals surface area contributed by atoms with Gasteiger partial charge in [-0.1, -0.05) is 30.3 Å². The van der Waals surface area contributed by atoms with Crippen LogP contribution in [-0.2, 0) is 0 Å². The van der Waals surface area contributed by atoms with Crippen LogP contribution in [0.1, 0.15) is 21.6 Å². The minimum atomic E-state index is -0.183. The summed E-state index contributed by atoms with van der Waals surface area (Å²) in [6.07, 6.45) is 1.40. The highest BCUT2D eigenvalue weighted by atomic mass is 16.2. The van der Waals surface area contributed by atoms with Gasteiger partial charge in [-0.3, -0.25) is 4.79 Å². The van der Waals surface area contributed by atoms with E-state index >= 15 is 0 Å². The molecule has 126 valence electrons. The van der Waals surface area contributed by atoms with Crippen molar-refractivity contribution in [1.82, 2.24) is 9.97 Å². The smallest absolute Gasteiger partial charge is 0.276 e. The van der Waals surface area contributed by atoms with E-state index in [2.05, 4.69) is 28.3 Å². The molecule has 1 heterocycles. The van der Waals surface area contributed by atoms with Crippen LogP contribution in [-0.4, -0.2) is 22.9 Å². The Labute approximate surface area is 147 Å². The number of hydrogen-bond acceptors (Lipinski definition) is 4. The van der Waals surface area contributed by atoms with Crippen LogP contribution in [0.4, 0.5) is 17.2 Å². The number of nitrogens with zero attached hydrogens (tertiary/aromatic N) is 3. The van der Waals surface area contributed by atoms with E-state index < -0.39 is 0 Å². The zero-order chi connectivity index (χ0) is 17.8. The fourth-order valence-electron chi connectivity index (χ4n) is 2.51. The van der Waals surface area contributed by atoms with Crippen molar-refractivity contribution >= 4 is 23.1 Å². The van der Waals surface area contributed by atoms with Gasteiger partial charge in [0.15, 0.2) is 0 Å². The topological polar surface area (TPSA) is 58.1 Å². The zero-order valence-corrected chi connectivity index (χ0v) is 14.5. The van der Waals surface area contributed by atoms with Gasteiger partial charge >= 0.3 is 0 Å². The largest absolute Gasteiger partial charge is 0.340 e. The molecule has 1 N–H and O–H groups in total. The van der Waals surface area contributed by atoms with Crippen LogP contribution in [0, 0.1) is 13.8 Å². The third kappa shape index (κ3) is 3.66. The fraction of sp³-hybridized carbons (Fsp3) is 0.150. The lowest BCUT2D eigenvalue weighted by atomic mass is 10.1. The number of aromatic nitrogens is 2. The number of para-hydroxylation sites is 1. The number of carbonyl (C=O) groups excluding carboxylic acids is 1. The first-order valence-electron chi connectivity index (χ1n) is 8.04. The Balaban J connectivity index is 1.84. The first kappa shape index (κ1) is 16.6. The highest BCUT2D eigenvalue weighted by Crippen LogP contribution is 2.22. The fourth-order valence-corrected chi connectivity index (χ4v) is 2.51. The molecule has 3 aromatic rings. The molecule has 0 atom stereocenters. The molecular weight excluding hydrogens is 312 g/mol. The summed E-state index contributed by atoms with van der Waals surface area (Å²) in [6.45, 7) is 4.11. The second-order valence-electron chi connectivity index (χ2n) is 5.86. The Hall–Kier alpha value is -3.21. The average Bonchev–Trinajstić information content (AvgIpc) is 2.65. The number of carbonyl (C=O) groups is 1. The molecule has 0 radical (unpaired) electrons. The third-order valence-electron chi connectivity index (χ3n) is 4.20. The van der Waals surface area contributed by atoms with Crippen molar-refractivity contribution < 1.29 is 4.79 Å². The van der Waals surface area contributed by atoms with Gasteiger partial charge in [-0.15, -0.1) is 0 Å². The Bertz CT molecular complexity index is 893. The van der Waals surface area contributed by atoms with Crippen molar-refractivity contribution in [3.63, 3.8) is 0 Å². The van der Waals surface area contributed by atoms with E-state index in [1.165, 1.54) is 11.9 Å². The normalized spacial score (nSPS) is 10.4. The van der Waals surface area contributed by atoms with Crippen molar-refractivity contribution in [2.24, 2.45) is 0 Å². The zero-order valence-electron chi connectivity index (χ0n) is 14.5. The van der Waals surface area contributed by atoms with Crippen molar-refractivity contribution in [3.05, 3.63) is 77.7 Å². The molecular formula is C20H20N4O. The molecule has 0 aliphatic heterocycles. The standard InChI is InChI=1S/C20H20N4O/c1-14-8-7-11-17(15(14)2)23-19-12-18(21-13-22-19)20(25)24(3)16-9-5-4-6-10-16/h4-13H,1-3H3,(H,21,22,23). The van der Waals surface area contributed by atoms with Gasteiger partial charge in [0.1, 0.15) is 17.8 Å². The second kappa shape index (κ2) is 7.13. The molecule has 1 aromatic heterocycles. The molecule has 3 rings (SSSR count). The summed E-state index contributed by atoms with van der Waals surface area (Å²) in [7, 11) is 1.73. The summed E-state index contributed by atoms with van der Waals surface area (Å²) < 4.78 is 0. The molecule has 0 saturated carbocycles. The van der Waals surface area contributed by atoms with Crippen LogP contribution in [0.5, 0.6) is 0 Å². The number of benzene rings is 2. The number of rotatable bonds is 4. The Morgan fingerprint density at radius 2 is 1.76 bits per heavy atom. The van der Waals surface area contributed by atoms with E-state index in [9.17, 15) is 4.79 Å². The van der Waals surface area contributed by atoms with Gasteiger partial charge in [0, 0.05) is 24.5 Å². The number of hydrogen-bond donors (Lipinski definition) is 1. The number of nitrogens with one attached hydrogen (secondary N) is 1. The van der Waals surface area contributed by atoms with Crippen LogP contribution in [0.25, 0.3) is 0 Å². The molecule has 1 amide bonds. The molecule has 0 unspecified atom stereocenters. The average molecular weight is 332 g/mol. The minimum absolute atomic E-state index is 0.183. The van der Waals surface area contributed by atoms with E-state index in [-0.39, 0.29) is 5.91 Å². The van der Waals surface area contributed by atoms with E-state index in [0.717, 1.165) is 16.9 Å². The Morgan fingerprint density at radius 1 is 1.00 bits per heavy atom. The summed E-state index contributed by atoms with van der Waals surface area (Å²) in [5, 5.41) is 3.27. The van der Waals surface area contributed by atoms with E-state index in [4.69, 9.17) is 0 Å². The molecule has 5 nitrogen and oxygen atoms in total. The first-order valence-corrected chi connectivity index (χ1v) is 8.04. The quantitative estimate of drug-likeness (QED) is 0.781. The van der Waals surface area contributed by atoms with Gasteiger partial charge in [-0.05, 0) is 43.2 Å². The highest BCUT2D eigenvalue weighted by Gasteiger charge is 2.15. The van der Waals surface area contributed by atoms with Crippen molar-refractivity contribution in [1.29, 1.82) is 0 Å². The van der Waals surface area contributed by atoms with Crippen LogP contribution < -0.4 is 10.2 Å². The molecule has 25 heavy (non-hydrogen) atoms. The number of aryl methyl sites for hydroxylation is 1. The Morgan fingerprint density at radius 3 is 2.52 bits per heavy atom. The summed E-state index contributed by atoms with van der Waals surface area (Å²) in [5.74, 6) is 0.408. The predicted molar refractivity (Wildman–Crippen MR) is 100 cm³/mol. The lowest BCUT2D eigenvalue weighted by molar-refractivity contribution is 0.0988. The molecule has 2 aromatic carbocycles. The summed E-state index contributed by atoms with van der Waals surface area (Å²) in [4.78, 5) is 22.6. The monoisotopic (exact) mass is 332 g/mol. The van der Waals surface area contributed by atoms with Gasteiger partial charge in [-0.2, -0.15) is 0 Å². The summed E-state index contributed by atoms with van der Waals surface area (Å²) in [5.41, 5.74) is 4.47. The first-order chi connectivity index (χ1) is 12.1. The van der Waals surface area contributed by atoms with Gasteiger partial charge in [0.2, 0.25) is 0 Å². The Kier molecular flexibility index (Phi) is 4.75. The van der Waals surface area contributed by atoms with E-state index in [1.807, 2.05) is 49.4 Å². The maximum absolute atomic E-state index is 12.7. The van der Waals surface area contributed by atoms with Crippen molar-refractivity contribution in [2.75, 3.05) is 17.3 Å². The van der Waals surface area contributed by atoms with Gasteiger partial charge in [0.05, 0.1) is 0 Å². The van der Waals surface area contributed by atoms with Crippen molar-refractivity contribution in [2.45, 2.75) is 13.8 Å². The second-order valence-corrected chi connectivity index (χ2v) is 5.86. The predicted octanol–water partition coefficient (Wildman–Crippen LogP) is 4.11. The molecule has 0 saturated heterocycles. The van der Waals surface area contributed by atoms with E-state index in [0.29, 0.717) is 11.5 Å². The minimum Gasteiger partial charge on any atom is -0.340 e.